The van der Waals surface area contributed by atoms with Crippen LogP contribution >= 0.6 is 0 Å². The molecule has 0 heterocycles. The van der Waals surface area contributed by atoms with E-state index in [2.05, 4.69) is 10.3 Å². The molecule has 3 N–H and O–H groups in total. The van der Waals surface area contributed by atoms with Crippen molar-refractivity contribution in [1.29, 1.82) is 0 Å². The first-order valence-corrected chi connectivity index (χ1v) is 13.8. The molecule has 0 atom stereocenters. The van der Waals surface area contributed by atoms with Crippen molar-refractivity contribution >= 4 is 37.2 Å². The molecule has 0 saturated heterocycles. The van der Waals surface area contributed by atoms with E-state index in [1.54, 1.807) is 6.08 Å². The van der Waals surface area contributed by atoms with Crippen LogP contribution < -0.4 is 34.9 Å². The van der Waals surface area contributed by atoms with E-state index in [4.69, 9.17) is 0 Å². The van der Waals surface area contributed by atoms with Gasteiger partial charge in [0.1, 0.15) is 4.90 Å². The Bertz CT molecular complexity index is 1500. The topological polar surface area (TPSA) is 133 Å². The van der Waals surface area contributed by atoms with Crippen molar-refractivity contribution in [2.24, 2.45) is 4.99 Å². The van der Waals surface area contributed by atoms with Gasteiger partial charge in [-0.1, -0.05) is 18.2 Å². The first kappa shape index (κ1) is 30.2. The molecule has 36 heavy (non-hydrogen) atoms. The van der Waals surface area contributed by atoms with Gasteiger partial charge in [-0.2, -0.15) is 16.8 Å². The number of hydrogen-bond donors (Lipinski definition) is 3. The first-order chi connectivity index (χ1) is 16.4. The van der Waals surface area contributed by atoms with E-state index in [9.17, 15) is 25.9 Å². The molecule has 0 amide bonds. The Balaban J connectivity index is 0.00000456. The zero-order chi connectivity index (χ0) is 26.0. The van der Waals surface area contributed by atoms with E-state index in [-0.39, 0.29) is 35.1 Å². The molecule has 186 valence electrons. The van der Waals surface area contributed by atoms with Crippen molar-refractivity contribution in [3.8, 4) is 0 Å². The van der Waals surface area contributed by atoms with Gasteiger partial charge >= 0.3 is 29.6 Å². The van der Waals surface area contributed by atoms with Gasteiger partial charge in [0.25, 0.3) is 20.2 Å². The maximum Gasteiger partial charge on any atom is 1.00 e. The van der Waals surface area contributed by atoms with E-state index in [0.717, 1.165) is 41.2 Å². The van der Waals surface area contributed by atoms with Gasteiger partial charge in [0.05, 0.1) is 10.6 Å². The quantitative estimate of drug-likeness (QED) is 0.360. The Morgan fingerprint density at radius 3 is 2.17 bits per heavy atom. The van der Waals surface area contributed by atoms with Gasteiger partial charge in [-0.25, -0.2) is 0 Å². The molecule has 0 saturated carbocycles. The molecule has 0 aliphatic heterocycles. The molecule has 0 unspecified atom stereocenters. The van der Waals surface area contributed by atoms with Crippen molar-refractivity contribution in [3.05, 3.63) is 82.5 Å². The van der Waals surface area contributed by atoms with Crippen molar-refractivity contribution in [3.63, 3.8) is 0 Å². The van der Waals surface area contributed by atoms with Gasteiger partial charge in [0, 0.05) is 24.3 Å². The van der Waals surface area contributed by atoms with Gasteiger partial charge in [0.15, 0.2) is 0 Å². The van der Waals surface area contributed by atoms with Crippen LogP contribution in [-0.2, 0) is 20.2 Å². The van der Waals surface area contributed by atoms with Crippen LogP contribution in [0.5, 0.6) is 0 Å². The summed E-state index contributed by atoms with van der Waals surface area (Å²) in [7, 11) is -9.56. The number of aryl methyl sites for hydroxylation is 1. The molecule has 2 aromatic carbocycles. The normalized spacial score (nSPS) is 16.4. The third-order valence-electron chi connectivity index (χ3n) is 5.49. The minimum atomic E-state index is -4.86. The molecule has 2 aromatic rings. The summed E-state index contributed by atoms with van der Waals surface area (Å²) in [6, 6.07) is 8.72. The second kappa shape index (κ2) is 12.0. The van der Waals surface area contributed by atoms with Crippen LogP contribution in [0.25, 0.3) is 5.57 Å². The molecule has 11 heteroatoms. The monoisotopic (exact) mass is 539 g/mol. The predicted octanol–water partition coefficient (Wildman–Crippen LogP) is 1.70. The SMILES string of the molecule is CCN=C1C=CC(=C(c2ccc(NCC)c(C)c2)c2ccc(S(=O)(=O)O)cc2S(=O)(=O)O)C=C1C.[Na+]. The summed E-state index contributed by atoms with van der Waals surface area (Å²) in [5.74, 6) is 0. The summed E-state index contributed by atoms with van der Waals surface area (Å²) in [6.07, 6.45) is 5.49. The number of hydrogen-bond acceptors (Lipinski definition) is 6. The zero-order valence-corrected chi connectivity index (χ0v) is 24.5. The summed E-state index contributed by atoms with van der Waals surface area (Å²) in [6.45, 7) is 9.04. The van der Waals surface area contributed by atoms with E-state index in [1.165, 1.54) is 6.07 Å². The Kier molecular flexibility index (Phi) is 10.1. The number of rotatable bonds is 7. The molecular formula is C25H28N2NaO6S2+. The van der Waals surface area contributed by atoms with Crippen LogP contribution in [0.2, 0.25) is 0 Å². The molecule has 0 fully saturated rings. The van der Waals surface area contributed by atoms with E-state index >= 15 is 0 Å². The minimum absolute atomic E-state index is 0. The molecule has 0 radical (unpaired) electrons. The van der Waals surface area contributed by atoms with Gasteiger partial charge in [-0.3, -0.25) is 14.1 Å². The average molecular weight is 540 g/mol. The van der Waals surface area contributed by atoms with Gasteiger partial charge in [-0.05, 0) is 92.0 Å². The standard InChI is InChI=1S/C25H28N2O6S2.Na/c1-5-26-22-11-7-18(13-16(22)3)25(19-8-12-23(27-6-2)17(4)14-19)21-10-9-20(34(28,29)30)15-24(21)35(31,32)33;/h7-15,26H,5-6H2,1-4H3,(H,28,29,30)(H,31,32,33);/q;+1. The minimum Gasteiger partial charge on any atom is -0.385 e. The number of nitrogens with one attached hydrogen (secondary N) is 1. The Hall–Kier alpha value is -2.05. The summed E-state index contributed by atoms with van der Waals surface area (Å²) in [5, 5.41) is 3.26. The third-order valence-corrected chi connectivity index (χ3v) is 7.24. The smallest absolute Gasteiger partial charge is 0.385 e. The van der Waals surface area contributed by atoms with Crippen LogP contribution in [0.15, 0.2) is 80.6 Å². The van der Waals surface area contributed by atoms with Crippen LogP contribution in [0.1, 0.15) is 37.5 Å². The molecule has 8 nitrogen and oxygen atoms in total. The van der Waals surface area contributed by atoms with Crippen LogP contribution in [0.3, 0.4) is 0 Å². The summed E-state index contributed by atoms with van der Waals surface area (Å²) >= 11 is 0. The summed E-state index contributed by atoms with van der Waals surface area (Å²) in [4.78, 5) is 3.18. The van der Waals surface area contributed by atoms with E-state index in [0.29, 0.717) is 23.3 Å². The second-order valence-electron chi connectivity index (χ2n) is 8.02. The number of aliphatic imine (C=N–C) groups is 1. The third kappa shape index (κ3) is 6.83. The number of anilines is 1. The van der Waals surface area contributed by atoms with Gasteiger partial charge in [0.2, 0.25) is 0 Å². The summed E-state index contributed by atoms with van der Waals surface area (Å²) in [5.41, 5.74) is 5.37. The molecule has 3 rings (SSSR count). The van der Waals surface area contributed by atoms with E-state index < -0.39 is 30.0 Å². The second-order valence-corrected chi connectivity index (χ2v) is 10.8. The average Bonchev–Trinajstić information content (AvgIpc) is 2.76. The predicted molar refractivity (Wildman–Crippen MR) is 138 cm³/mol. The molecule has 0 spiro atoms. The van der Waals surface area contributed by atoms with Crippen molar-refractivity contribution in [2.45, 2.75) is 37.5 Å². The molecule has 1 aliphatic carbocycles. The molecular weight excluding hydrogens is 511 g/mol. The maximum atomic E-state index is 12.4. The fourth-order valence-electron chi connectivity index (χ4n) is 3.93. The molecule has 1 aliphatic rings. The van der Waals surface area contributed by atoms with Crippen molar-refractivity contribution in [2.75, 3.05) is 18.4 Å². The Morgan fingerprint density at radius 2 is 1.64 bits per heavy atom. The summed E-state index contributed by atoms with van der Waals surface area (Å²) < 4.78 is 67.5. The Morgan fingerprint density at radius 1 is 0.944 bits per heavy atom. The molecule has 0 aromatic heterocycles. The maximum absolute atomic E-state index is 12.4. The fraction of sp³-hybridized carbons (Fsp3) is 0.240. The van der Waals surface area contributed by atoms with Crippen molar-refractivity contribution in [1.82, 2.24) is 0 Å². The fourth-order valence-corrected chi connectivity index (χ4v) is 5.23. The largest absolute Gasteiger partial charge is 1.00 e. The Labute approximate surface area is 234 Å². The van der Waals surface area contributed by atoms with Crippen LogP contribution in [0, 0.1) is 6.92 Å². The van der Waals surface area contributed by atoms with Gasteiger partial charge in [-0.15, -0.1) is 0 Å². The van der Waals surface area contributed by atoms with E-state index in [1.807, 2.05) is 58.0 Å². The van der Waals surface area contributed by atoms with Crippen molar-refractivity contribution < 1.29 is 55.5 Å². The number of allylic oxidation sites excluding steroid dienone is 5. The molecule has 0 bridgehead atoms. The van der Waals surface area contributed by atoms with Gasteiger partial charge < -0.3 is 5.32 Å². The first-order valence-electron chi connectivity index (χ1n) is 11.0. The number of benzene rings is 2. The zero-order valence-electron chi connectivity index (χ0n) is 20.9. The van der Waals surface area contributed by atoms with Crippen LogP contribution in [0.4, 0.5) is 5.69 Å². The number of nitrogens with zero attached hydrogens (tertiary/aromatic N) is 1. The van der Waals surface area contributed by atoms with Crippen LogP contribution in [-0.4, -0.2) is 44.7 Å².